The lowest BCUT2D eigenvalue weighted by atomic mass is 9.81. The van der Waals surface area contributed by atoms with E-state index < -0.39 is 24.7 Å². The van der Waals surface area contributed by atoms with Gasteiger partial charge in [-0.15, -0.1) is 0 Å². The van der Waals surface area contributed by atoms with E-state index in [1.165, 1.54) is 6.07 Å². The van der Waals surface area contributed by atoms with E-state index in [1.807, 2.05) is 0 Å². The lowest BCUT2D eigenvalue weighted by molar-refractivity contribution is -0.901. The average molecular weight is 449 g/mol. The van der Waals surface area contributed by atoms with E-state index in [0.717, 1.165) is 17.6 Å². The third kappa shape index (κ3) is 4.70. The Labute approximate surface area is 186 Å². The number of carboxylic acid groups (broad SMARTS) is 1. The van der Waals surface area contributed by atoms with Gasteiger partial charge in [0, 0.05) is 5.82 Å². The van der Waals surface area contributed by atoms with Crippen LogP contribution in [0, 0.1) is 0 Å². The number of morpholine rings is 1. The number of quaternary nitrogens is 1. The maximum atomic E-state index is 12.6. The Morgan fingerprint density at radius 2 is 2.00 bits per heavy atom. The summed E-state index contributed by atoms with van der Waals surface area (Å²) in [4.78, 5) is 26.0. The van der Waals surface area contributed by atoms with Crippen molar-refractivity contribution < 1.29 is 43.8 Å². The van der Waals surface area contributed by atoms with Crippen molar-refractivity contribution in [2.24, 2.45) is 0 Å². The van der Waals surface area contributed by atoms with Gasteiger partial charge in [0.2, 0.25) is 5.91 Å². The van der Waals surface area contributed by atoms with Crippen molar-refractivity contribution in [1.82, 2.24) is 4.90 Å². The topological polar surface area (TPSA) is 137 Å². The number of aromatic hydroxyl groups is 1. The van der Waals surface area contributed by atoms with E-state index in [-0.39, 0.29) is 35.3 Å². The molecule has 4 rings (SSSR count). The van der Waals surface area contributed by atoms with Crippen LogP contribution in [0.5, 0.6) is 11.5 Å². The van der Waals surface area contributed by atoms with Crippen molar-refractivity contribution in [3.05, 3.63) is 23.3 Å². The number of likely N-dealkylation sites (tertiary alicyclic amines) is 1. The molecular formula is C21H30BN2O8+. The number of aromatic carboxylic acids is 1. The first-order valence-corrected chi connectivity index (χ1v) is 10.9. The first kappa shape index (κ1) is 22.8. The molecule has 10 nitrogen and oxygen atoms in total. The van der Waals surface area contributed by atoms with Crippen LogP contribution in [0.3, 0.4) is 0 Å². The number of ether oxygens (including phenoxy) is 2. The number of hydrogen-bond acceptors (Lipinski definition) is 7. The van der Waals surface area contributed by atoms with Crippen molar-refractivity contribution >= 4 is 19.0 Å². The zero-order valence-corrected chi connectivity index (χ0v) is 18.3. The van der Waals surface area contributed by atoms with Crippen LogP contribution >= 0.6 is 0 Å². The molecule has 1 unspecified atom stereocenters. The van der Waals surface area contributed by atoms with E-state index in [2.05, 4.69) is 14.1 Å². The smallest absolute Gasteiger partial charge is 0.455 e. The molecule has 0 bridgehead atoms. The molecule has 4 N–H and O–H groups in total. The number of carbonyl (C=O) groups excluding carboxylic acids is 1. The van der Waals surface area contributed by atoms with Crippen LogP contribution < -0.4 is 4.74 Å². The summed E-state index contributed by atoms with van der Waals surface area (Å²) in [6.45, 7) is 3.01. The fourth-order valence-corrected chi connectivity index (χ4v) is 4.60. The number of nitrogens with zero attached hydrogens (tertiary/aromatic N) is 2. The molecule has 1 aromatic carbocycles. The zero-order chi connectivity index (χ0) is 23.2. The number of rotatable bonds is 7. The van der Waals surface area contributed by atoms with Crippen LogP contribution in [0.4, 0.5) is 0 Å². The van der Waals surface area contributed by atoms with Gasteiger partial charge in [-0.3, -0.25) is 4.79 Å². The number of likely N-dealkylation sites (N-methyl/N-ethyl adjacent to an activating group) is 1. The molecule has 1 aromatic rings. The van der Waals surface area contributed by atoms with E-state index in [1.54, 1.807) is 11.0 Å². The van der Waals surface area contributed by atoms with Crippen molar-refractivity contribution in [3.8, 4) is 11.5 Å². The molecule has 174 valence electrons. The van der Waals surface area contributed by atoms with Gasteiger partial charge in [0.05, 0.1) is 40.2 Å². The maximum Gasteiger partial charge on any atom is 0.455 e. The fourth-order valence-electron chi connectivity index (χ4n) is 4.60. The second-order valence-electron chi connectivity index (χ2n) is 9.68. The number of hydrogen-bond donors (Lipinski definition) is 4. The van der Waals surface area contributed by atoms with Gasteiger partial charge in [0.1, 0.15) is 42.4 Å². The number of benzene rings is 1. The van der Waals surface area contributed by atoms with Gasteiger partial charge in [-0.25, -0.2) is 4.79 Å². The molecule has 1 saturated carbocycles. The molecular weight excluding hydrogens is 419 g/mol. The first-order valence-electron chi connectivity index (χ1n) is 10.9. The highest BCUT2D eigenvalue weighted by atomic mass is 16.5. The van der Waals surface area contributed by atoms with Gasteiger partial charge in [-0.05, 0) is 24.0 Å². The Hall–Kier alpha value is -2.34. The summed E-state index contributed by atoms with van der Waals surface area (Å²) < 4.78 is 12.3. The lowest BCUT2D eigenvalue weighted by Crippen LogP contribution is -2.58. The SMILES string of the molecule is C[N+]1(C)CCO[C@@H](CC(=O)N2CC(Oc3ccc(C4C[C@H]4B(O)O)c(O)c3C(=O)O)C2)C1. The van der Waals surface area contributed by atoms with Gasteiger partial charge >= 0.3 is 13.1 Å². The summed E-state index contributed by atoms with van der Waals surface area (Å²) in [5.41, 5.74) is 0.0213. The van der Waals surface area contributed by atoms with Crippen molar-refractivity contribution in [1.29, 1.82) is 0 Å². The largest absolute Gasteiger partial charge is 0.507 e. The molecule has 11 heteroatoms. The highest BCUT2D eigenvalue weighted by Gasteiger charge is 2.48. The minimum Gasteiger partial charge on any atom is -0.507 e. The standard InChI is InChI=1S/C21H29BN2O8/c1-24(2)5-6-31-12(11-24)7-18(25)23-9-13(10-23)32-17-4-3-14(15-8-16(15)22(29)30)20(26)19(17)21(27)28/h3-4,12-13,15-16,29-30H,5-11H2,1-2H3,(H-,26,27,28)/p+1/t12-,15?,16+/m0/s1. The second kappa shape index (κ2) is 8.55. The Bertz CT molecular complexity index is 902. The van der Waals surface area contributed by atoms with E-state index in [0.29, 0.717) is 38.1 Å². The Balaban J connectivity index is 1.35. The normalized spacial score (nSPS) is 26.9. The summed E-state index contributed by atoms with van der Waals surface area (Å²) in [7, 11) is 2.72. The molecule has 3 atom stereocenters. The molecule has 2 heterocycles. The lowest BCUT2D eigenvalue weighted by Gasteiger charge is -2.41. The number of carbonyl (C=O) groups is 2. The molecule has 0 aromatic heterocycles. The van der Waals surface area contributed by atoms with Gasteiger partial charge < -0.3 is 39.1 Å². The van der Waals surface area contributed by atoms with Crippen LogP contribution in [0.15, 0.2) is 12.1 Å². The average Bonchev–Trinajstić information content (AvgIpc) is 3.43. The first-order chi connectivity index (χ1) is 15.1. The molecule has 3 aliphatic rings. The summed E-state index contributed by atoms with van der Waals surface area (Å²) in [6.07, 6.45) is 0.293. The van der Waals surface area contributed by atoms with Crippen molar-refractivity contribution in [2.45, 2.75) is 36.8 Å². The fraction of sp³-hybridized carbons (Fsp3) is 0.619. The molecule has 1 aliphatic carbocycles. The Morgan fingerprint density at radius 3 is 2.59 bits per heavy atom. The Kier molecular flexibility index (Phi) is 6.10. The quantitative estimate of drug-likeness (QED) is 0.334. The van der Waals surface area contributed by atoms with Gasteiger partial charge in [0.15, 0.2) is 0 Å². The predicted molar refractivity (Wildman–Crippen MR) is 114 cm³/mol. The van der Waals surface area contributed by atoms with Crippen molar-refractivity contribution in [2.75, 3.05) is 46.9 Å². The monoisotopic (exact) mass is 449 g/mol. The minimum atomic E-state index is -1.51. The summed E-state index contributed by atoms with van der Waals surface area (Å²) >= 11 is 0. The van der Waals surface area contributed by atoms with Crippen LogP contribution in [0.1, 0.15) is 34.7 Å². The van der Waals surface area contributed by atoms with Gasteiger partial charge in [-0.1, -0.05) is 6.07 Å². The van der Waals surface area contributed by atoms with Gasteiger partial charge in [0.25, 0.3) is 0 Å². The Morgan fingerprint density at radius 1 is 1.28 bits per heavy atom. The predicted octanol–water partition coefficient (Wildman–Crippen LogP) is -0.124. The zero-order valence-electron chi connectivity index (χ0n) is 18.3. The number of phenols is 1. The third-order valence-corrected chi connectivity index (χ3v) is 6.65. The molecule has 1 amide bonds. The third-order valence-electron chi connectivity index (χ3n) is 6.65. The van der Waals surface area contributed by atoms with Crippen molar-refractivity contribution in [3.63, 3.8) is 0 Å². The molecule has 2 aliphatic heterocycles. The number of amides is 1. The minimum absolute atomic E-state index is 0.0178. The van der Waals surface area contributed by atoms with Gasteiger partial charge in [-0.2, -0.15) is 0 Å². The molecule has 0 spiro atoms. The summed E-state index contributed by atoms with van der Waals surface area (Å²) in [5, 5.41) is 38.7. The highest BCUT2D eigenvalue weighted by molar-refractivity contribution is 6.44. The summed E-state index contributed by atoms with van der Waals surface area (Å²) in [6, 6.07) is 3.05. The molecule has 2 saturated heterocycles. The van der Waals surface area contributed by atoms with Crippen LogP contribution in [-0.4, -0.2) is 108 Å². The van der Waals surface area contributed by atoms with Crippen LogP contribution in [0.2, 0.25) is 5.82 Å². The molecule has 3 fully saturated rings. The van der Waals surface area contributed by atoms with Crippen LogP contribution in [-0.2, 0) is 9.53 Å². The summed E-state index contributed by atoms with van der Waals surface area (Å²) in [5.74, 6) is -2.44. The van der Waals surface area contributed by atoms with Crippen LogP contribution in [0.25, 0.3) is 0 Å². The van der Waals surface area contributed by atoms with E-state index in [9.17, 15) is 29.9 Å². The molecule has 32 heavy (non-hydrogen) atoms. The maximum absolute atomic E-state index is 12.6. The highest BCUT2D eigenvalue weighted by Crippen LogP contribution is 2.56. The second-order valence-corrected chi connectivity index (χ2v) is 9.68. The molecule has 0 radical (unpaired) electrons. The number of carboxylic acids is 1. The van der Waals surface area contributed by atoms with E-state index in [4.69, 9.17) is 9.47 Å². The van der Waals surface area contributed by atoms with E-state index >= 15 is 0 Å².